The van der Waals surface area contributed by atoms with Crippen molar-refractivity contribution in [3.8, 4) is 0 Å². The van der Waals surface area contributed by atoms with E-state index in [2.05, 4.69) is 25.6 Å². The summed E-state index contributed by atoms with van der Waals surface area (Å²) < 4.78 is 14.8. The number of halogens is 1. The Bertz CT molecular complexity index is 1550. The lowest BCUT2D eigenvalue weighted by Crippen LogP contribution is -2.44. The molecule has 0 aliphatic heterocycles. The summed E-state index contributed by atoms with van der Waals surface area (Å²) in [4.78, 5) is 79.6. The number of carbonyl (C=O) groups excluding carboxylic acids is 2. The van der Waals surface area contributed by atoms with Crippen molar-refractivity contribution in [1.29, 1.82) is 0 Å². The van der Waals surface area contributed by atoms with Crippen LogP contribution in [0.25, 0.3) is 11.0 Å². The number of nitrogens with two attached hydrogens (primary N) is 1. The van der Waals surface area contributed by atoms with Crippen LogP contribution in [0.5, 0.6) is 0 Å². The van der Waals surface area contributed by atoms with Gasteiger partial charge in [0.25, 0.3) is 11.5 Å². The molecule has 0 spiro atoms. The Morgan fingerprint density at radius 3 is 2.22 bits per heavy atom. The highest BCUT2D eigenvalue weighted by Crippen LogP contribution is 2.18. The van der Waals surface area contributed by atoms with Gasteiger partial charge in [-0.1, -0.05) is 6.07 Å². The quantitative estimate of drug-likeness (QED) is 0.129. The number of carboxylic acid groups (broad SMARTS) is 3. The number of rotatable bonds is 14. The summed E-state index contributed by atoms with van der Waals surface area (Å²) in [6.45, 7) is 0. The first-order chi connectivity index (χ1) is 19.3. The largest absolute Gasteiger partial charge is 0.481 e. The second kappa shape index (κ2) is 13.2. The van der Waals surface area contributed by atoms with E-state index in [-0.39, 0.29) is 36.3 Å². The summed E-state index contributed by atoms with van der Waals surface area (Å²) in [5.74, 6) is -6.74. The number of aromatic nitrogens is 3. The van der Waals surface area contributed by atoms with Crippen LogP contribution >= 0.6 is 0 Å². The van der Waals surface area contributed by atoms with Gasteiger partial charge < -0.3 is 36.7 Å². The Morgan fingerprint density at radius 1 is 0.951 bits per heavy atom. The van der Waals surface area contributed by atoms with Crippen molar-refractivity contribution in [2.45, 2.75) is 50.6 Å². The topological polar surface area (TPSA) is 258 Å². The van der Waals surface area contributed by atoms with Gasteiger partial charge in [0, 0.05) is 24.6 Å². The van der Waals surface area contributed by atoms with Crippen LogP contribution in [0, 0.1) is 5.82 Å². The molecule has 0 fully saturated rings. The highest BCUT2D eigenvalue weighted by molar-refractivity contribution is 5.96. The van der Waals surface area contributed by atoms with Gasteiger partial charge in [-0.25, -0.2) is 14.0 Å². The lowest BCUT2D eigenvalue weighted by Gasteiger charge is -2.17. The van der Waals surface area contributed by atoms with E-state index in [4.69, 9.17) is 15.9 Å². The van der Waals surface area contributed by atoms with Crippen molar-refractivity contribution in [2.24, 2.45) is 0 Å². The Kier molecular flexibility index (Phi) is 9.73. The van der Waals surface area contributed by atoms with Crippen molar-refractivity contribution in [3.05, 3.63) is 57.3 Å². The predicted molar refractivity (Wildman–Crippen MR) is 139 cm³/mol. The minimum atomic E-state index is -1.55. The Hall–Kier alpha value is -5.28. The molecule has 2 amide bonds. The molecule has 2 aromatic heterocycles. The zero-order valence-electron chi connectivity index (χ0n) is 21.4. The van der Waals surface area contributed by atoms with E-state index in [1.54, 1.807) is 6.20 Å². The third-order valence-corrected chi connectivity index (χ3v) is 6.16. The smallest absolute Gasteiger partial charge is 0.326 e. The van der Waals surface area contributed by atoms with Crippen molar-refractivity contribution in [3.63, 3.8) is 0 Å². The maximum absolute atomic E-state index is 14.8. The summed E-state index contributed by atoms with van der Waals surface area (Å²) in [7, 11) is 0. The minimum absolute atomic E-state index is 0.0518. The third-order valence-electron chi connectivity index (χ3n) is 6.16. The van der Waals surface area contributed by atoms with Gasteiger partial charge in [-0.3, -0.25) is 24.2 Å². The van der Waals surface area contributed by atoms with Crippen LogP contribution in [0.1, 0.15) is 47.2 Å². The average Bonchev–Trinajstić information content (AvgIpc) is 3.30. The predicted octanol–water partition coefficient (Wildman–Crippen LogP) is 0.155. The zero-order chi connectivity index (χ0) is 30.3. The molecule has 9 N–H and O–H groups in total. The highest BCUT2D eigenvalue weighted by atomic mass is 19.1. The lowest BCUT2D eigenvalue weighted by atomic mass is 10.0. The first-order valence-electron chi connectivity index (χ1n) is 12.3. The van der Waals surface area contributed by atoms with Gasteiger partial charge in [-0.15, -0.1) is 0 Å². The molecule has 3 aromatic rings. The number of nitrogens with zero attached hydrogens (tertiary/aromatic N) is 1. The Labute approximate surface area is 230 Å². The minimum Gasteiger partial charge on any atom is -0.481 e. The van der Waals surface area contributed by atoms with Crippen molar-refractivity contribution >= 4 is 46.7 Å². The molecule has 0 unspecified atom stereocenters. The molecule has 2 atom stereocenters. The van der Waals surface area contributed by atoms with Crippen molar-refractivity contribution in [2.75, 3.05) is 5.73 Å². The number of aryl methyl sites for hydroxylation is 2. The maximum atomic E-state index is 14.8. The van der Waals surface area contributed by atoms with E-state index in [9.17, 15) is 38.3 Å². The Morgan fingerprint density at radius 2 is 1.59 bits per heavy atom. The van der Waals surface area contributed by atoms with Gasteiger partial charge in [-0.05, 0) is 48.9 Å². The number of nitrogen functional groups attached to an aromatic ring is 1. The number of carboxylic acids is 3. The summed E-state index contributed by atoms with van der Waals surface area (Å²) in [5, 5.41) is 31.9. The normalized spacial score (nSPS) is 12.4. The zero-order valence-corrected chi connectivity index (χ0v) is 21.4. The van der Waals surface area contributed by atoms with Crippen molar-refractivity contribution < 1.29 is 43.7 Å². The van der Waals surface area contributed by atoms with Crippen LogP contribution in [0.4, 0.5) is 10.3 Å². The van der Waals surface area contributed by atoms with E-state index < -0.39 is 72.4 Å². The van der Waals surface area contributed by atoms with Gasteiger partial charge in [0.2, 0.25) is 11.9 Å². The summed E-state index contributed by atoms with van der Waals surface area (Å²) in [5.41, 5.74) is 6.01. The molecule has 2 heterocycles. The van der Waals surface area contributed by atoms with Crippen LogP contribution in [-0.4, -0.2) is 72.1 Å². The van der Waals surface area contributed by atoms with E-state index in [1.807, 2.05) is 0 Å². The molecule has 16 heteroatoms. The third kappa shape index (κ3) is 8.11. The van der Waals surface area contributed by atoms with E-state index in [0.717, 1.165) is 6.07 Å². The molecule has 218 valence electrons. The first-order valence-corrected chi connectivity index (χ1v) is 12.3. The molecule has 0 bridgehead atoms. The molecule has 0 saturated heterocycles. The van der Waals surface area contributed by atoms with Gasteiger partial charge in [0.15, 0.2) is 0 Å². The SMILES string of the molecule is Nc1nc2[nH]cc(CCc3ccc(C(=O)N[C@@H](CCC(=O)N[C@@H](CCC(=O)O)C(=O)O)C(=O)O)cc3F)c2c(=O)[nH]1. The van der Waals surface area contributed by atoms with Crippen LogP contribution in [0.2, 0.25) is 0 Å². The number of anilines is 1. The van der Waals surface area contributed by atoms with Crippen LogP contribution in [-0.2, 0) is 32.0 Å². The number of benzene rings is 1. The number of hydrogen-bond donors (Lipinski definition) is 8. The van der Waals surface area contributed by atoms with E-state index >= 15 is 0 Å². The van der Waals surface area contributed by atoms with Gasteiger partial charge in [0.1, 0.15) is 23.5 Å². The van der Waals surface area contributed by atoms with Gasteiger partial charge >= 0.3 is 17.9 Å². The number of aliphatic carboxylic acids is 3. The number of carbonyl (C=O) groups is 5. The molecular weight excluding hydrogens is 547 g/mol. The fourth-order valence-corrected chi connectivity index (χ4v) is 4.04. The van der Waals surface area contributed by atoms with Crippen LogP contribution in [0.3, 0.4) is 0 Å². The molecule has 0 aliphatic carbocycles. The molecule has 15 nitrogen and oxygen atoms in total. The summed E-state index contributed by atoms with van der Waals surface area (Å²) >= 11 is 0. The molecule has 1 aromatic carbocycles. The fraction of sp³-hybridized carbons (Fsp3) is 0.320. The first kappa shape index (κ1) is 30.3. The number of nitrogens with one attached hydrogen (secondary N) is 4. The number of aromatic amines is 2. The summed E-state index contributed by atoms with van der Waals surface area (Å²) in [6, 6.07) is 0.543. The van der Waals surface area contributed by atoms with Crippen LogP contribution < -0.4 is 21.9 Å². The summed E-state index contributed by atoms with van der Waals surface area (Å²) in [6.07, 6.45) is 0.222. The van der Waals surface area contributed by atoms with E-state index in [0.29, 0.717) is 16.6 Å². The second-order valence-electron chi connectivity index (χ2n) is 9.09. The number of H-pyrrole nitrogens is 2. The Balaban J connectivity index is 1.59. The second-order valence-corrected chi connectivity index (χ2v) is 9.09. The van der Waals surface area contributed by atoms with Crippen molar-refractivity contribution in [1.82, 2.24) is 25.6 Å². The number of amides is 2. The number of fused-ring (bicyclic) bond motifs is 1. The highest BCUT2D eigenvalue weighted by Gasteiger charge is 2.25. The number of hydrogen-bond acceptors (Lipinski definition) is 8. The van der Waals surface area contributed by atoms with Gasteiger partial charge in [0.05, 0.1) is 5.39 Å². The standard InChI is InChI=1S/C25H27FN6O9/c26-14-9-12(3-1-11(14)2-4-13-10-28-20-19(13)22(37)32-25(27)31-20)21(36)30-16(24(40)41)5-7-17(33)29-15(23(38)39)6-8-18(34)35/h1,3,9-10,15-16H,2,4-8H2,(H,29,33)(H,30,36)(H,34,35)(H,38,39)(H,40,41)(H4,27,28,31,32,37)/t15-,16-/m0/s1. The fourth-order valence-electron chi connectivity index (χ4n) is 4.04. The van der Waals surface area contributed by atoms with E-state index in [1.165, 1.54) is 12.1 Å². The molecule has 0 aliphatic rings. The lowest BCUT2D eigenvalue weighted by molar-refractivity contribution is -0.143. The molecule has 0 saturated carbocycles. The molecular formula is C25H27FN6O9. The monoisotopic (exact) mass is 574 g/mol. The average molecular weight is 575 g/mol. The molecule has 41 heavy (non-hydrogen) atoms. The van der Waals surface area contributed by atoms with Crippen LogP contribution in [0.15, 0.2) is 29.2 Å². The maximum Gasteiger partial charge on any atom is 0.326 e. The molecule has 0 radical (unpaired) electrons. The van der Waals surface area contributed by atoms with Gasteiger partial charge in [-0.2, -0.15) is 4.98 Å². The molecule has 3 rings (SSSR count).